The number of benzene rings is 2. The van der Waals surface area contributed by atoms with E-state index in [2.05, 4.69) is 26.1 Å². The van der Waals surface area contributed by atoms with E-state index in [0.29, 0.717) is 16.9 Å². The van der Waals surface area contributed by atoms with Crippen LogP contribution in [0.2, 0.25) is 0 Å². The third-order valence-corrected chi connectivity index (χ3v) is 3.18. The topological polar surface area (TPSA) is 86.0 Å². The van der Waals surface area contributed by atoms with Crippen molar-refractivity contribution >= 4 is 28.1 Å². The first-order valence-electron chi connectivity index (χ1n) is 6.34. The lowest BCUT2D eigenvalue weighted by Gasteiger charge is -2.10. The van der Waals surface area contributed by atoms with E-state index in [-0.39, 0.29) is 18.4 Å². The van der Waals surface area contributed by atoms with E-state index in [1.165, 1.54) is 12.3 Å². The second kappa shape index (κ2) is 7.56. The average Bonchev–Trinajstić information content (AvgIpc) is 2.47. The molecule has 0 amide bonds. The summed E-state index contributed by atoms with van der Waals surface area (Å²) >= 11 is 3.36. The maximum Gasteiger partial charge on any atom is 0.211 e. The molecule has 0 aliphatic rings. The number of hydrogen-bond donors (Lipinski definition) is 2. The Bertz CT molecular complexity index is 714. The summed E-state index contributed by atoms with van der Waals surface area (Å²) < 4.78 is 20.1. The Labute approximate surface area is 135 Å². The van der Waals surface area contributed by atoms with E-state index in [9.17, 15) is 4.39 Å². The van der Waals surface area contributed by atoms with Crippen molar-refractivity contribution in [2.45, 2.75) is 6.61 Å². The molecule has 0 fully saturated rings. The van der Waals surface area contributed by atoms with Crippen molar-refractivity contribution in [3.05, 3.63) is 63.9 Å². The van der Waals surface area contributed by atoms with Crippen molar-refractivity contribution in [1.82, 2.24) is 0 Å². The Hall–Kier alpha value is -2.41. The van der Waals surface area contributed by atoms with Gasteiger partial charge in [-0.2, -0.15) is 5.10 Å². The Morgan fingerprint density at radius 1 is 1.23 bits per heavy atom. The van der Waals surface area contributed by atoms with Gasteiger partial charge in [0, 0.05) is 15.6 Å². The lowest BCUT2D eigenvalue weighted by atomic mass is 10.2. The van der Waals surface area contributed by atoms with E-state index in [1.807, 2.05) is 6.07 Å². The number of nitrogens with zero attached hydrogens (tertiary/aromatic N) is 2. The zero-order valence-electron chi connectivity index (χ0n) is 11.5. The van der Waals surface area contributed by atoms with Gasteiger partial charge in [-0.3, -0.25) is 0 Å². The van der Waals surface area contributed by atoms with Crippen LogP contribution in [0.5, 0.6) is 5.75 Å². The predicted molar refractivity (Wildman–Crippen MR) is 88.3 cm³/mol. The molecule has 0 heterocycles. The van der Waals surface area contributed by atoms with E-state index in [4.69, 9.17) is 16.2 Å². The number of ether oxygens (including phenoxy) is 1. The normalized spacial score (nSPS) is 10.6. The number of nitrogens with two attached hydrogens (primary N) is 2. The maximum atomic E-state index is 13.6. The minimum atomic E-state index is -0.310. The van der Waals surface area contributed by atoms with Gasteiger partial charge in [0.05, 0.1) is 6.21 Å². The fraction of sp³-hybridized carbons (Fsp3) is 0.0667. The Kier molecular flexibility index (Phi) is 5.48. The summed E-state index contributed by atoms with van der Waals surface area (Å²) in [7, 11) is 0. The predicted octanol–water partition coefficient (Wildman–Crippen LogP) is 2.77. The highest BCUT2D eigenvalue weighted by molar-refractivity contribution is 9.10. The van der Waals surface area contributed by atoms with Crippen molar-refractivity contribution in [2.24, 2.45) is 21.7 Å². The van der Waals surface area contributed by atoms with Crippen LogP contribution >= 0.6 is 15.9 Å². The molecule has 0 atom stereocenters. The van der Waals surface area contributed by atoms with Crippen molar-refractivity contribution < 1.29 is 9.13 Å². The van der Waals surface area contributed by atoms with Crippen molar-refractivity contribution in [1.29, 1.82) is 0 Å². The van der Waals surface area contributed by atoms with Crippen molar-refractivity contribution in [2.75, 3.05) is 0 Å². The van der Waals surface area contributed by atoms with Crippen LogP contribution in [-0.2, 0) is 6.61 Å². The van der Waals surface area contributed by atoms with Crippen LogP contribution in [0, 0.1) is 5.82 Å². The van der Waals surface area contributed by atoms with Crippen LogP contribution < -0.4 is 16.2 Å². The third-order valence-electron chi connectivity index (χ3n) is 2.68. The molecule has 0 aliphatic heterocycles. The molecule has 5 nitrogen and oxygen atoms in total. The summed E-state index contributed by atoms with van der Waals surface area (Å²) in [5.74, 6) is 0.0939. The highest BCUT2D eigenvalue weighted by Gasteiger charge is 2.06. The van der Waals surface area contributed by atoms with Crippen LogP contribution in [0.3, 0.4) is 0 Å². The van der Waals surface area contributed by atoms with Crippen LogP contribution in [0.15, 0.2) is 57.1 Å². The first-order chi connectivity index (χ1) is 10.6. The van der Waals surface area contributed by atoms with Gasteiger partial charge in [0.1, 0.15) is 18.2 Å². The summed E-state index contributed by atoms with van der Waals surface area (Å²) in [5.41, 5.74) is 11.5. The van der Waals surface area contributed by atoms with E-state index in [1.54, 1.807) is 30.3 Å². The number of rotatable bonds is 5. The quantitative estimate of drug-likeness (QED) is 0.485. The second-order valence-electron chi connectivity index (χ2n) is 4.33. The highest BCUT2D eigenvalue weighted by Crippen LogP contribution is 2.23. The fourth-order valence-corrected chi connectivity index (χ4v) is 2.06. The Morgan fingerprint density at radius 3 is 2.73 bits per heavy atom. The smallest absolute Gasteiger partial charge is 0.211 e. The molecule has 0 aromatic heterocycles. The summed E-state index contributed by atoms with van der Waals surface area (Å²) in [6.45, 7) is 0.109. The van der Waals surface area contributed by atoms with Gasteiger partial charge < -0.3 is 16.2 Å². The van der Waals surface area contributed by atoms with Gasteiger partial charge in [-0.15, -0.1) is 5.10 Å². The standard InChI is InChI=1S/C15H14BrFN4O/c16-12-5-6-14(11(7-12)8-20-21-15(18)19)22-9-10-3-1-2-4-13(10)17/h1-8H,9H2,(H4,18,19,21). The molecule has 4 N–H and O–H groups in total. The molecule has 114 valence electrons. The monoisotopic (exact) mass is 364 g/mol. The second-order valence-corrected chi connectivity index (χ2v) is 5.25. The molecule has 0 aliphatic carbocycles. The van der Waals surface area contributed by atoms with Gasteiger partial charge in [0.25, 0.3) is 0 Å². The van der Waals surface area contributed by atoms with Crippen LogP contribution in [-0.4, -0.2) is 12.2 Å². The minimum Gasteiger partial charge on any atom is -0.488 e. The molecule has 0 spiro atoms. The van der Waals surface area contributed by atoms with Gasteiger partial charge in [0.15, 0.2) is 0 Å². The van der Waals surface area contributed by atoms with E-state index >= 15 is 0 Å². The largest absolute Gasteiger partial charge is 0.488 e. The van der Waals surface area contributed by atoms with Gasteiger partial charge in [-0.25, -0.2) is 4.39 Å². The molecule has 0 bridgehead atoms. The lowest BCUT2D eigenvalue weighted by Crippen LogP contribution is -2.21. The summed E-state index contributed by atoms with van der Waals surface area (Å²) in [5, 5.41) is 7.29. The third kappa shape index (κ3) is 4.56. The molecule has 7 heteroatoms. The van der Waals surface area contributed by atoms with Gasteiger partial charge in [0.2, 0.25) is 5.96 Å². The first kappa shape index (κ1) is 16.0. The Morgan fingerprint density at radius 2 is 2.00 bits per heavy atom. The molecule has 0 radical (unpaired) electrons. The first-order valence-corrected chi connectivity index (χ1v) is 7.13. The molecular formula is C15H14BrFN4O. The van der Waals surface area contributed by atoms with Gasteiger partial charge >= 0.3 is 0 Å². The van der Waals surface area contributed by atoms with Crippen molar-refractivity contribution in [3.8, 4) is 5.75 Å². The highest BCUT2D eigenvalue weighted by atomic mass is 79.9. The maximum absolute atomic E-state index is 13.6. The van der Waals surface area contributed by atoms with Gasteiger partial charge in [-0.1, -0.05) is 34.1 Å². The van der Waals surface area contributed by atoms with Crippen LogP contribution in [0.1, 0.15) is 11.1 Å². The van der Waals surface area contributed by atoms with Crippen LogP contribution in [0.4, 0.5) is 4.39 Å². The molecule has 2 aromatic rings. The lowest BCUT2D eigenvalue weighted by molar-refractivity contribution is 0.299. The van der Waals surface area contributed by atoms with E-state index in [0.717, 1.165) is 4.47 Å². The van der Waals surface area contributed by atoms with Crippen LogP contribution in [0.25, 0.3) is 0 Å². The molecule has 2 aromatic carbocycles. The Balaban J connectivity index is 2.18. The molecule has 0 saturated heterocycles. The molecule has 0 unspecified atom stereocenters. The molecule has 22 heavy (non-hydrogen) atoms. The number of guanidine groups is 1. The van der Waals surface area contributed by atoms with Gasteiger partial charge in [-0.05, 0) is 24.3 Å². The average molecular weight is 365 g/mol. The van der Waals surface area contributed by atoms with Crippen molar-refractivity contribution in [3.63, 3.8) is 0 Å². The molecular weight excluding hydrogens is 351 g/mol. The summed E-state index contributed by atoms with van der Waals surface area (Å²) in [6.07, 6.45) is 1.46. The summed E-state index contributed by atoms with van der Waals surface area (Å²) in [6, 6.07) is 11.8. The van der Waals surface area contributed by atoms with E-state index < -0.39 is 0 Å². The number of halogens is 2. The SMILES string of the molecule is NC(N)=NN=Cc1cc(Br)ccc1OCc1ccccc1F. The molecule has 2 rings (SSSR count). The summed E-state index contributed by atoms with van der Waals surface area (Å²) in [4.78, 5) is 0. The fourth-order valence-electron chi connectivity index (χ4n) is 1.68. The zero-order chi connectivity index (χ0) is 15.9. The zero-order valence-corrected chi connectivity index (χ0v) is 13.1. The molecule has 0 saturated carbocycles. The minimum absolute atomic E-state index is 0.109. The number of hydrogen-bond acceptors (Lipinski definition) is 3.